The maximum absolute atomic E-state index is 10.8. The zero-order chi connectivity index (χ0) is 7.56. The van der Waals surface area contributed by atoms with E-state index in [1.807, 2.05) is 6.92 Å². The Morgan fingerprint density at radius 1 is 1.80 bits per heavy atom. The molecule has 1 N–H and O–H groups in total. The standard InChI is InChI=1S/C5H9N3O2/c1-3-8(2)4-5(9)7-10-6-4/h3H2,1-2H3,(H,7,9). The minimum Gasteiger partial charge on any atom is -0.352 e. The molecule has 0 amide bonds. The summed E-state index contributed by atoms with van der Waals surface area (Å²) in [7, 11) is 1.77. The molecule has 5 heteroatoms. The molecule has 10 heavy (non-hydrogen) atoms. The summed E-state index contributed by atoms with van der Waals surface area (Å²) in [5.74, 6) is 0.322. The first-order chi connectivity index (χ1) is 4.75. The van der Waals surface area contributed by atoms with E-state index in [-0.39, 0.29) is 5.56 Å². The highest BCUT2D eigenvalue weighted by atomic mass is 16.6. The molecule has 0 atom stereocenters. The highest BCUT2D eigenvalue weighted by Gasteiger charge is 2.06. The molecule has 1 aromatic heterocycles. The van der Waals surface area contributed by atoms with E-state index in [0.717, 1.165) is 6.54 Å². The molecule has 56 valence electrons. The molecule has 0 aliphatic heterocycles. The van der Waals surface area contributed by atoms with E-state index < -0.39 is 0 Å². The van der Waals surface area contributed by atoms with Gasteiger partial charge in [0.2, 0.25) is 5.82 Å². The number of hydrogen-bond donors (Lipinski definition) is 1. The number of rotatable bonds is 2. The van der Waals surface area contributed by atoms with Gasteiger partial charge in [0.05, 0.1) is 0 Å². The van der Waals surface area contributed by atoms with Crippen molar-refractivity contribution in [1.82, 2.24) is 10.3 Å². The lowest BCUT2D eigenvalue weighted by atomic mass is 10.6. The largest absolute Gasteiger partial charge is 0.352 e. The molecule has 0 radical (unpaired) electrons. The lowest BCUT2D eigenvalue weighted by molar-refractivity contribution is 0.304. The highest BCUT2D eigenvalue weighted by molar-refractivity contribution is 5.31. The molecule has 0 bridgehead atoms. The van der Waals surface area contributed by atoms with Gasteiger partial charge < -0.3 is 4.90 Å². The van der Waals surface area contributed by atoms with Crippen LogP contribution in [0.3, 0.4) is 0 Å². The molecule has 0 spiro atoms. The molecule has 5 nitrogen and oxygen atoms in total. The Hall–Kier alpha value is -1.26. The van der Waals surface area contributed by atoms with Crippen LogP contribution in [-0.4, -0.2) is 23.9 Å². The Balaban J connectivity index is 2.93. The van der Waals surface area contributed by atoms with E-state index in [0.29, 0.717) is 5.82 Å². The van der Waals surface area contributed by atoms with Crippen molar-refractivity contribution in [1.29, 1.82) is 0 Å². The van der Waals surface area contributed by atoms with Crippen LogP contribution in [0.15, 0.2) is 9.42 Å². The van der Waals surface area contributed by atoms with Crippen molar-refractivity contribution in [2.24, 2.45) is 0 Å². The van der Waals surface area contributed by atoms with Crippen LogP contribution < -0.4 is 10.5 Å². The van der Waals surface area contributed by atoms with Crippen molar-refractivity contribution < 1.29 is 4.63 Å². The maximum atomic E-state index is 10.8. The van der Waals surface area contributed by atoms with Crippen molar-refractivity contribution >= 4 is 5.82 Å². The smallest absolute Gasteiger partial charge is 0.325 e. The van der Waals surface area contributed by atoms with Gasteiger partial charge in [-0.3, -0.25) is 9.42 Å². The Labute approximate surface area is 57.6 Å². The summed E-state index contributed by atoms with van der Waals surface area (Å²) in [5, 5.41) is 5.57. The Kier molecular flexibility index (Phi) is 1.75. The third kappa shape index (κ3) is 1.02. The number of anilines is 1. The molecule has 0 unspecified atom stereocenters. The normalized spacial score (nSPS) is 9.80. The third-order valence-electron chi connectivity index (χ3n) is 1.31. The second-order valence-electron chi connectivity index (χ2n) is 1.95. The van der Waals surface area contributed by atoms with Crippen molar-refractivity contribution in [3.05, 3.63) is 10.4 Å². The van der Waals surface area contributed by atoms with Gasteiger partial charge in [0, 0.05) is 13.6 Å². The van der Waals surface area contributed by atoms with Crippen LogP contribution in [0, 0.1) is 0 Å². The Morgan fingerprint density at radius 2 is 2.50 bits per heavy atom. The summed E-state index contributed by atoms with van der Waals surface area (Å²) < 4.78 is 4.34. The van der Waals surface area contributed by atoms with Crippen LogP contribution in [0.2, 0.25) is 0 Å². The highest BCUT2D eigenvalue weighted by Crippen LogP contribution is 1.96. The molecule has 1 heterocycles. The monoisotopic (exact) mass is 143 g/mol. The van der Waals surface area contributed by atoms with Gasteiger partial charge >= 0.3 is 5.56 Å². The summed E-state index contributed by atoms with van der Waals surface area (Å²) in [6, 6.07) is 0. The van der Waals surface area contributed by atoms with Crippen LogP contribution >= 0.6 is 0 Å². The summed E-state index contributed by atoms with van der Waals surface area (Å²) in [6.45, 7) is 2.66. The van der Waals surface area contributed by atoms with Gasteiger partial charge in [-0.1, -0.05) is 0 Å². The zero-order valence-corrected chi connectivity index (χ0v) is 5.92. The first-order valence-corrected chi connectivity index (χ1v) is 3.01. The minimum atomic E-state index is -0.288. The SMILES string of the molecule is CCN(C)c1no[nH]c1=O. The lowest BCUT2D eigenvalue weighted by Gasteiger charge is -2.08. The summed E-state index contributed by atoms with van der Waals surface area (Å²) in [5.41, 5.74) is -0.288. The van der Waals surface area contributed by atoms with Crippen molar-refractivity contribution in [2.75, 3.05) is 18.5 Å². The topological polar surface area (TPSA) is 62.1 Å². The number of aromatic amines is 1. The van der Waals surface area contributed by atoms with E-state index >= 15 is 0 Å². The Bertz CT molecular complexity index is 251. The summed E-state index contributed by atoms with van der Waals surface area (Å²) in [4.78, 5) is 12.5. The molecular formula is C5H9N3O2. The number of aromatic nitrogens is 2. The van der Waals surface area contributed by atoms with Crippen LogP contribution in [-0.2, 0) is 0 Å². The molecule has 1 rings (SSSR count). The van der Waals surface area contributed by atoms with Crippen molar-refractivity contribution in [2.45, 2.75) is 6.92 Å². The molecule has 0 aromatic carbocycles. The van der Waals surface area contributed by atoms with Gasteiger partial charge in [-0.05, 0) is 12.1 Å². The zero-order valence-electron chi connectivity index (χ0n) is 5.92. The summed E-state index contributed by atoms with van der Waals surface area (Å²) in [6.07, 6.45) is 0. The quantitative estimate of drug-likeness (QED) is 0.623. The number of H-pyrrole nitrogens is 1. The van der Waals surface area contributed by atoms with Crippen LogP contribution in [0.25, 0.3) is 0 Å². The molecule has 0 aliphatic carbocycles. The van der Waals surface area contributed by atoms with Gasteiger partial charge in [-0.2, -0.15) is 5.16 Å². The minimum absolute atomic E-state index is 0.288. The maximum Gasteiger partial charge on any atom is 0.325 e. The van der Waals surface area contributed by atoms with Gasteiger partial charge in [-0.15, -0.1) is 0 Å². The lowest BCUT2D eigenvalue weighted by Crippen LogP contribution is -2.22. The number of nitrogens with zero attached hydrogens (tertiary/aromatic N) is 2. The first-order valence-electron chi connectivity index (χ1n) is 3.01. The van der Waals surface area contributed by atoms with Gasteiger partial charge in [-0.25, -0.2) is 0 Å². The van der Waals surface area contributed by atoms with Crippen LogP contribution in [0.5, 0.6) is 0 Å². The average molecular weight is 143 g/mol. The van der Waals surface area contributed by atoms with Gasteiger partial charge in [0.1, 0.15) is 0 Å². The van der Waals surface area contributed by atoms with E-state index in [9.17, 15) is 4.79 Å². The fraction of sp³-hybridized carbons (Fsp3) is 0.600. The fourth-order valence-electron chi connectivity index (χ4n) is 0.587. The predicted octanol–water partition coefficient (Wildman–Crippen LogP) is -0.181. The molecular weight excluding hydrogens is 134 g/mol. The van der Waals surface area contributed by atoms with Crippen molar-refractivity contribution in [3.63, 3.8) is 0 Å². The van der Waals surface area contributed by atoms with Crippen LogP contribution in [0.4, 0.5) is 5.82 Å². The second-order valence-corrected chi connectivity index (χ2v) is 1.95. The van der Waals surface area contributed by atoms with E-state index in [1.54, 1.807) is 11.9 Å². The van der Waals surface area contributed by atoms with E-state index in [2.05, 4.69) is 14.9 Å². The predicted molar refractivity (Wildman–Crippen MR) is 36.1 cm³/mol. The number of nitrogens with one attached hydrogen (secondary N) is 1. The molecule has 0 fully saturated rings. The second kappa shape index (κ2) is 2.55. The summed E-state index contributed by atoms with van der Waals surface area (Å²) >= 11 is 0. The molecule has 1 aromatic rings. The average Bonchev–Trinajstić information content (AvgIpc) is 2.34. The van der Waals surface area contributed by atoms with Gasteiger partial charge in [0.25, 0.3) is 0 Å². The molecule has 0 saturated carbocycles. The first kappa shape index (κ1) is 6.85. The van der Waals surface area contributed by atoms with E-state index in [1.165, 1.54) is 0 Å². The third-order valence-corrected chi connectivity index (χ3v) is 1.31. The van der Waals surface area contributed by atoms with Gasteiger partial charge in [0.15, 0.2) is 0 Å². The van der Waals surface area contributed by atoms with Crippen LogP contribution in [0.1, 0.15) is 6.92 Å². The number of hydrogen-bond acceptors (Lipinski definition) is 4. The fourth-order valence-corrected chi connectivity index (χ4v) is 0.587. The van der Waals surface area contributed by atoms with Crippen molar-refractivity contribution in [3.8, 4) is 0 Å². The Morgan fingerprint density at radius 3 is 2.90 bits per heavy atom. The van der Waals surface area contributed by atoms with E-state index in [4.69, 9.17) is 0 Å². The molecule has 0 aliphatic rings. The molecule has 0 saturated heterocycles.